The van der Waals surface area contributed by atoms with Crippen molar-refractivity contribution < 1.29 is 0 Å². The zero-order valence-electron chi connectivity index (χ0n) is 11.5. The van der Waals surface area contributed by atoms with Crippen LogP contribution in [0.15, 0.2) is 0 Å². The predicted octanol–water partition coefficient (Wildman–Crippen LogP) is 2.89. The number of likely N-dealkylation sites (tertiary alicyclic amines) is 1. The summed E-state index contributed by atoms with van der Waals surface area (Å²) in [6, 6.07) is 0.848. The summed E-state index contributed by atoms with van der Waals surface area (Å²) < 4.78 is 0. The van der Waals surface area contributed by atoms with Crippen molar-refractivity contribution in [3.63, 3.8) is 0 Å². The van der Waals surface area contributed by atoms with Crippen molar-refractivity contribution in [2.24, 2.45) is 5.92 Å². The highest BCUT2D eigenvalue weighted by Crippen LogP contribution is 2.21. The molecule has 0 radical (unpaired) electrons. The molecular formula is C14H30N2. The maximum atomic E-state index is 3.56. The van der Waals surface area contributed by atoms with Crippen LogP contribution in [0, 0.1) is 5.92 Å². The highest BCUT2D eigenvalue weighted by Gasteiger charge is 2.26. The fraction of sp³-hybridized carbons (Fsp3) is 1.00. The summed E-state index contributed by atoms with van der Waals surface area (Å²) in [5.74, 6) is 0.900. The monoisotopic (exact) mass is 226 g/mol. The summed E-state index contributed by atoms with van der Waals surface area (Å²) in [4.78, 5) is 2.72. The van der Waals surface area contributed by atoms with Crippen molar-refractivity contribution in [1.82, 2.24) is 10.2 Å². The fourth-order valence-electron chi connectivity index (χ4n) is 2.82. The van der Waals surface area contributed by atoms with E-state index in [9.17, 15) is 0 Å². The second-order valence-corrected chi connectivity index (χ2v) is 5.20. The van der Waals surface area contributed by atoms with Crippen LogP contribution >= 0.6 is 0 Å². The third kappa shape index (κ3) is 4.42. The Morgan fingerprint density at radius 1 is 1.25 bits per heavy atom. The first-order chi connectivity index (χ1) is 7.81. The van der Waals surface area contributed by atoms with E-state index in [1.165, 1.54) is 58.3 Å². The van der Waals surface area contributed by atoms with Crippen LogP contribution in [0.2, 0.25) is 0 Å². The van der Waals surface area contributed by atoms with E-state index in [1.54, 1.807) is 0 Å². The topological polar surface area (TPSA) is 15.3 Å². The quantitative estimate of drug-likeness (QED) is 0.640. The average molecular weight is 226 g/mol. The second-order valence-electron chi connectivity index (χ2n) is 5.20. The lowest BCUT2D eigenvalue weighted by Gasteiger charge is -2.26. The molecule has 0 bridgehead atoms. The molecular weight excluding hydrogens is 196 g/mol. The molecule has 2 heteroatoms. The van der Waals surface area contributed by atoms with Gasteiger partial charge >= 0.3 is 0 Å². The Labute approximate surface area is 102 Å². The minimum Gasteiger partial charge on any atom is -0.316 e. The third-order valence-corrected chi connectivity index (χ3v) is 3.79. The molecule has 0 saturated carbocycles. The lowest BCUT2D eigenvalue weighted by molar-refractivity contribution is 0.214. The van der Waals surface area contributed by atoms with E-state index in [2.05, 4.69) is 31.0 Å². The van der Waals surface area contributed by atoms with Gasteiger partial charge in [0.15, 0.2) is 0 Å². The first-order valence-corrected chi connectivity index (χ1v) is 7.26. The van der Waals surface area contributed by atoms with Crippen molar-refractivity contribution in [2.75, 3.05) is 26.2 Å². The molecule has 2 atom stereocenters. The Kier molecular flexibility index (Phi) is 7.06. The Bertz CT molecular complexity index is 170. The first kappa shape index (κ1) is 14.0. The zero-order chi connectivity index (χ0) is 11.8. The molecule has 1 rings (SSSR count). The van der Waals surface area contributed by atoms with Crippen molar-refractivity contribution >= 4 is 0 Å². The summed E-state index contributed by atoms with van der Waals surface area (Å²) in [5.41, 5.74) is 0. The van der Waals surface area contributed by atoms with Crippen LogP contribution in [0.3, 0.4) is 0 Å². The molecule has 0 spiro atoms. The first-order valence-electron chi connectivity index (χ1n) is 7.26. The van der Waals surface area contributed by atoms with Gasteiger partial charge in [-0.1, -0.05) is 27.2 Å². The normalized spacial score (nSPS) is 23.8. The molecule has 0 aromatic heterocycles. The molecule has 0 aromatic rings. The second kappa shape index (κ2) is 8.08. The van der Waals surface area contributed by atoms with E-state index in [0.717, 1.165) is 12.0 Å². The van der Waals surface area contributed by atoms with Gasteiger partial charge in [-0.2, -0.15) is 0 Å². The van der Waals surface area contributed by atoms with Gasteiger partial charge in [-0.25, -0.2) is 0 Å². The largest absolute Gasteiger partial charge is 0.316 e. The molecule has 1 fully saturated rings. The van der Waals surface area contributed by atoms with E-state index in [1.807, 2.05) is 0 Å². The molecule has 1 aliphatic rings. The van der Waals surface area contributed by atoms with Crippen LogP contribution in [0.5, 0.6) is 0 Å². The Morgan fingerprint density at radius 2 is 2.06 bits per heavy atom. The molecule has 0 aromatic carbocycles. The molecule has 16 heavy (non-hydrogen) atoms. The van der Waals surface area contributed by atoms with Crippen LogP contribution in [0.1, 0.15) is 52.9 Å². The summed E-state index contributed by atoms with van der Waals surface area (Å²) >= 11 is 0. The molecule has 0 amide bonds. The maximum absolute atomic E-state index is 3.56. The highest BCUT2D eigenvalue weighted by molar-refractivity contribution is 4.81. The molecule has 96 valence electrons. The van der Waals surface area contributed by atoms with E-state index >= 15 is 0 Å². The van der Waals surface area contributed by atoms with E-state index < -0.39 is 0 Å². The van der Waals surface area contributed by atoms with Gasteiger partial charge in [-0.05, 0) is 51.2 Å². The summed E-state index contributed by atoms with van der Waals surface area (Å²) in [6.45, 7) is 12.0. The van der Waals surface area contributed by atoms with Crippen LogP contribution in [-0.2, 0) is 0 Å². The lowest BCUT2D eigenvalue weighted by Crippen LogP contribution is -2.34. The molecule has 2 nitrogen and oxygen atoms in total. The average Bonchev–Trinajstić information content (AvgIpc) is 2.75. The van der Waals surface area contributed by atoms with Gasteiger partial charge in [-0.3, -0.25) is 0 Å². The van der Waals surface area contributed by atoms with Gasteiger partial charge < -0.3 is 10.2 Å². The molecule has 1 heterocycles. The lowest BCUT2D eigenvalue weighted by atomic mass is 10.1. The van der Waals surface area contributed by atoms with E-state index in [-0.39, 0.29) is 0 Å². The minimum absolute atomic E-state index is 0.848. The SMILES string of the molecule is CCCNCC1CCN(C(CC)CCC)C1. The van der Waals surface area contributed by atoms with Gasteiger partial charge in [0.25, 0.3) is 0 Å². The van der Waals surface area contributed by atoms with Crippen molar-refractivity contribution in [3.8, 4) is 0 Å². The van der Waals surface area contributed by atoms with E-state index in [0.29, 0.717) is 0 Å². The summed E-state index contributed by atoms with van der Waals surface area (Å²) in [5, 5.41) is 3.56. The number of nitrogens with one attached hydrogen (secondary N) is 1. The van der Waals surface area contributed by atoms with Crippen molar-refractivity contribution in [1.29, 1.82) is 0 Å². The van der Waals surface area contributed by atoms with Crippen molar-refractivity contribution in [3.05, 3.63) is 0 Å². The smallest absolute Gasteiger partial charge is 0.00926 e. The van der Waals surface area contributed by atoms with Gasteiger partial charge in [0.05, 0.1) is 0 Å². The Morgan fingerprint density at radius 3 is 2.69 bits per heavy atom. The van der Waals surface area contributed by atoms with Crippen LogP contribution in [0.4, 0.5) is 0 Å². The summed E-state index contributed by atoms with van der Waals surface area (Å²) in [7, 11) is 0. The fourth-order valence-corrected chi connectivity index (χ4v) is 2.82. The van der Waals surface area contributed by atoms with Crippen LogP contribution in [0.25, 0.3) is 0 Å². The van der Waals surface area contributed by atoms with Crippen molar-refractivity contribution in [2.45, 2.75) is 58.9 Å². The van der Waals surface area contributed by atoms with Gasteiger partial charge in [0, 0.05) is 12.6 Å². The molecule has 2 unspecified atom stereocenters. The third-order valence-electron chi connectivity index (χ3n) is 3.79. The maximum Gasteiger partial charge on any atom is 0.00926 e. The van der Waals surface area contributed by atoms with E-state index in [4.69, 9.17) is 0 Å². The predicted molar refractivity (Wildman–Crippen MR) is 71.8 cm³/mol. The molecule has 1 N–H and O–H groups in total. The van der Waals surface area contributed by atoms with Gasteiger partial charge in [0.1, 0.15) is 0 Å². The summed E-state index contributed by atoms with van der Waals surface area (Å²) in [6.07, 6.45) is 6.68. The van der Waals surface area contributed by atoms with Gasteiger partial charge in [0.2, 0.25) is 0 Å². The molecule has 0 aliphatic carbocycles. The standard InChI is InChI=1S/C14H30N2/c1-4-7-14(6-3)16-10-8-13(12-16)11-15-9-5-2/h13-15H,4-12H2,1-3H3. The molecule has 1 aliphatic heterocycles. The number of hydrogen-bond donors (Lipinski definition) is 1. The Hall–Kier alpha value is -0.0800. The van der Waals surface area contributed by atoms with Crippen LogP contribution in [-0.4, -0.2) is 37.1 Å². The van der Waals surface area contributed by atoms with Crippen LogP contribution < -0.4 is 5.32 Å². The highest BCUT2D eigenvalue weighted by atomic mass is 15.2. The zero-order valence-corrected chi connectivity index (χ0v) is 11.5. The van der Waals surface area contributed by atoms with Gasteiger partial charge in [-0.15, -0.1) is 0 Å². The number of nitrogens with zero attached hydrogens (tertiary/aromatic N) is 1. The number of rotatable bonds is 8. The minimum atomic E-state index is 0.848. The molecule has 1 saturated heterocycles. The Balaban J connectivity index is 2.22. The number of hydrogen-bond acceptors (Lipinski definition) is 2.